The van der Waals surface area contributed by atoms with Gasteiger partial charge in [0.1, 0.15) is 0 Å². The first-order chi connectivity index (χ1) is 8.42. The molecule has 7 nitrogen and oxygen atoms in total. The van der Waals surface area contributed by atoms with Crippen LogP contribution in [0.25, 0.3) is 0 Å². The van der Waals surface area contributed by atoms with E-state index < -0.39 is 16.1 Å². The summed E-state index contributed by atoms with van der Waals surface area (Å²) < 4.78 is 28.0. The van der Waals surface area contributed by atoms with Crippen LogP contribution in [0.15, 0.2) is 11.4 Å². The molecule has 8 heteroatoms. The van der Waals surface area contributed by atoms with Crippen molar-refractivity contribution < 1.29 is 13.5 Å². The maximum atomic E-state index is 12.1. The van der Waals surface area contributed by atoms with E-state index >= 15 is 0 Å². The van der Waals surface area contributed by atoms with Crippen molar-refractivity contribution in [3.8, 4) is 0 Å². The molecule has 0 radical (unpaired) electrons. The zero-order chi connectivity index (χ0) is 13.3. The summed E-state index contributed by atoms with van der Waals surface area (Å²) in [6, 6.07) is 0. The molecule has 0 saturated heterocycles. The molecule has 1 heterocycles. The molecule has 2 atom stereocenters. The van der Waals surface area contributed by atoms with E-state index in [1.807, 2.05) is 0 Å². The monoisotopic (exact) mass is 274 g/mol. The number of rotatable bonds is 4. The first-order valence-electron chi connectivity index (χ1n) is 5.86. The number of nitrogens with zero attached hydrogens (tertiary/aromatic N) is 2. The topological polar surface area (TPSA) is 110 Å². The fraction of sp³-hybridized carbons (Fsp3) is 0.700. The van der Waals surface area contributed by atoms with Crippen LogP contribution in [-0.2, 0) is 17.1 Å². The highest BCUT2D eigenvalue weighted by atomic mass is 32.2. The van der Waals surface area contributed by atoms with E-state index in [4.69, 9.17) is 5.73 Å². The molecule has 1 fully saturated rings. The summed E-state index contributed by atoms with van der Waals surface area (Å²) in [6.45, 7) is 0.230. The first-order valence-corrected chi connectivity index (χ1v) is 7.34. The molecule has 0 amide bonds. The number of hydrogen-bond acceptors (Lipinski definition) is 5. The summed E-state index contributed by atoms with van der Waals surface area (Å²) in [7, 11) is -2.10. The summed E-state index contributed by atoms with van der Waals surface area (Å²) in [5.41, 5.74) is 5.54. The minimum Gasteiger partial charge on any atom is -0.393 e. The Labute approximate surface area is 106 Å². The van der Waals surface area contributed by atoms with Crippen LogP contribution >= 0.6 is 0 Å². The minimum atomic E-state index is -3.67. The number of aryl methyl sites for hydroxylation is 1. The van der Waals surface area contributed by atoms with E-state index in [1.165, 1.54) is 10.9 Å². The van der Waals surface area contributed by atoms with E-state index in [0.717, 1.165) is 19.3 Å². The summed E-state index contributed by atoms with van der Waals surface area (Å²) >= 11 is 0. The number of aliphatic hydroxyl groups is 1. The highest BCUT2D eigenvalue weighted by molar-refractivity contribution is 7.89. The van der Waals surface area contributed by atoms with Gasteiger partial charge in [-0.2, -0.15) is 0 Å². The summed E-state index contributed by atoms with van der Waals surface area (Å²) in [4.78, 5) is 3.75. The molecule has 1 aromatic rings. The minimum absolute atomic E-state index is 0.0167. The van der Waals surface area contributed by atoms with Crippen molar-refractivity contribution in [3.63, 3.8) is 0 Å². The molecular formula is C10H18N4O3S. The average Bonchev–Trinajstić information content (AvgIpc) is 2.83. The second kappa shape index (κ2) is 4.87. The van der Waals surface area contributed by atoms with Gasteiger partial charge >= 0.3 is 0 Å². The van der Waals surface area contributed by atoms with E-state index in [-0.39, 0.29) is 23.3 Å². The largest absolute Gasteiger partial charge is 0.393 e. The molecule has 1 aromatic heterocycles. The average molecular weight is 274 g/mol. The lowest BCUT2D eigenvalue weighted by atomic mass is 10.1. The molecule has 102 valence electrons. The van der Waals surface area contributed by atoms with Gasteiger partial charge < -0.3 is 15.4 Å². The molecule has 2 rings (SSSR count). The highest BCUT2D eigenvalue weighted by Crippen LogP contribution is 2.25. The van der Waals surface area contributed by atoms with Gasteiger partial charge in [0.15, 0.2) is 10.8 Å². The van der Waals surface area contributed by atoms with Gasteiger partial charge in [0.2, 0.25) is 0 Å². The van der Waals surface area contributed by atoms with Gasteiger partial charge in [-0.15, -0.1) is 0 Å². The van der Waals surface area contributed by atoms with Crippen molar-refractivity contribution >= 4 is 15.8 Å². The fourth-order valence-electron chi connectivity index (χ4n) is 2.30. The number of hydrogen-bond donors (Lipinski definition) is 3. The van der Waals surface area contributed by atoms with Crippen LogP contribution in [0.4, 0.5) is 5.82 Å². The zero-order valence-electron chi connectivity index (χ0n) is 10.2. The Kier molecular flexibility index (Phi) is 3.60. The molecule has 0 aliphatic heterocycles. The van der Waals surface area contributed by atoms with Gasteiger partial charge in [-0.3, -0.25) is 0 Å². The maximum absolute atomic E-state index is 12.1. The van der Waals surface area contributed by atoms with Crippen molar-refractivity contribution in [1.29, 1.82) is 0 Å². The van der Waals surface area contributed by atoms with Crippen molar-refractivity contribution in [3.05, 3.63) is 6.33 Å². The smallest absolute Gasteiger partial charge is 0.260 e. The lowest BCUT2D eigenvalue weighted by Gasteiger charge is -2.15. The molecular weight excluding hydrogens is 256 g/mol. The van der Waals surface area contributed by atoms with Gasteiger partial charge in [0.05, 0.1) is 12.4 Å². The molecule has 0 bridgehead atoms. The normalized spacial score (nSPS) is 24.6. The van der Waals surface area contributed by atoms with E-state index in [2.05, 4.69) is 9.71 Å². The summed E-state index contributed by atoms with van der Waals surface area (Å²) in [6.07, 6.45) is 3.44. The Morgan fingerprint density at radius 2 is 2.33 bits per heavy atom. The van der Waals surface area contributed by atoms with Crippen LogP contribution in [0.1, 0.15) is 19.3 Å². The standard InChI is InChI=1S/C10H18N4O3S/c1-14-6-12-9(11)10(14)18(16,17)13-5-7-3-2-4-8(7)15/h6-8,13,15H,2-5,11H2,1H3. The third-order valence-electron chi connectivity index (χ3n) is 3.32. The summed E-state index contributed by atoms with van der Waals surface area (Å²) in [5, 5.41) is 9.62. The first kappa shape index (κ1) is 13.3. The fourth-order valence-corrected chi connectivity index (χ4v) is 3.63. The van der Waals surface area contributed by atoms with Crippen molar-refractivity contribution in [2.75, 3.05) is 12.3 Å². The molecule has 1 aliphatic rings. The van der Waals surface area contributed by atoms with Crippen LogP contribution in [0.5, 0.6) is 0 Å². The molecule has 18 heavy (non-hydrogen) atoms. The zero-order valence-corrected chi connectivity index (χ0v) is 11.0. The summed E-state index contributed by atoms with van der Waals surface area (Å²) in [5.74, 6) is -0.0359. The van der Waals surface area contributed by atoms with Gasteiger partial charge in [-0.1, -0.05) is 6.42 Å². The number of imidazole rings is 1. The quantitative estimate of drug-likeness (QED) is 0.682. The maximum Gasteiger partial charge on any atom is 0.260 e. The molecule has 2 unspecified atom stereocenters. The SMILES string of the molecule is Cn1cnc(N)c1S(=O)(=O)NCC1CCCC1O. The molecule has 4 N–H and O–H groups in total. The number of nitrogens with two attached hydrogens (primary N) is 1. The van der Waals surface area contributed by atoms with Gasteiger partial charge in [-0.25, -0.2) is 18.1 Å². The van der Waals surface area contributed by atoms with Gasteiger partial charge in [0.25, 0.3) is 10.0 Å². The number of aromatic nitrogens is 2. The molecule has 0 spiro atoms. The molecule has 0 aromatic carbocycles. The van der Waals surface area contributed by atoms with E-state index in [1.54, 1.807) is 7.05 Å². The Bertz CT molecular complexity index is 506. The number of aliphatic hydroxyl groups excluding tert-OH is 1. The third-order valence-corrected chi connectivity index (χ3v) is 4.87. The lowest BCUT2D eigenvalue weighted by molar-refractivity contribution is 0.134. The van der Waals surface area contributed by atoms with Crippen LogP contribution in [0.3, 0.4) is 0 Å². The van der Waals surface area contributed by atoms with Crippen LogP contribution < -0.4 is 10.5 Å². The van der Waals surface area contributed by atoms with Gasteiger partial charge in [0, 0.05) is 13.6 Å². The van der Waals surface area contributed by atoms with Crippen LogP contribution in [-0.4, -0.2) is 35.7 Å². The van der Waals surface area contributed by atoms with Crippen molar-refractivity contribution in [2.45, 2.75) is 30.4 Å². The number of sulfonamides is 1. The number of nitrogens with one attached hydrogen (secondary N) is 1. The van der Waals surface area contributed by atoms with Gasteiger partial charge in [-0.05, 0) is 18.8 Å². The van der Waals surface area contributed by atoms with E-state index in [0.29, 0.717) is 0 Å². The Morgan fingerprint density at radius 3 is 2.83 bits per heavy atom. The number of anilines is 1. The third kappa shape index (κ3) is 2.50. The predicted octanol–water partition coefficient (Wildman–Crippen LogP) is -0.558. The van der Waals surface area contributed by atoms with Crippen LogP contribution in [0.2, 0.25) is 0 Å². The second-order valence-corrected chi connectivity index (χ2v) is 6.34. The van der Waals surface area contributed by atoms with Crippen molar-refractivity contribution in [1.82, 2.24) is 14.3 Å². The van der Waals surface area contributed by atoms with Crippen LogP contribution in [0, 0.1) is 5.92 Å². The lowest BCUT2D eigenvalue weighted by Crippen LogP contribution is -2.33. The Balaban J connectivity index is 2.08. The van der Waals surface area contributed by atoms with Crippen molar-refractivity contribution in [2.24, 2.45) is 13.0 Å². The Hall–Kier alpha value is -1.12. The van der Waals surface area contributed by atoms with E-state index in [9.17, 15) is 13.5 Å². The second-order valence-electron chi connectivity index (χ2n) is 4.66. The predicted molar refractivity (Wildman–Crippen MR) is 66.2 cm³/mol. The molecule has 1 saturated carbocycles. The molecule has 1 aliphatic carbocycles. The Morgan fingerprint density at radius 1 is 1.61 bits per heavy atom. The number of nitrogen functional groups attached to an aromatic ring is 1. The highest BCUT2D eigenvalue weighted by Gasteiger charge is 2.28.